The van der Waals surface area contributed by atoms with Gasteiger partial charge >= 0.3 is 0 Å². The molecule has 1 fully saturated rings. The monoisotopic (exact) mass is 296 g/mol. The Bertz CT molecular complexity index is 574. The van der Waals surface area contributed by atoms with E-state index in [9.17, 15) is 13.2 Å². The molecule has 1 aliphatic carbocycles. The highest BCUT2D eigenvalue weighted by Crippen LogP contribution is 2.31. The normalized spacial score (nSPS) is 23.3. The molecule has 0 aromatic heterocycles. The molecule has 0 heterocycles. The standard InChI is InChI=1S/C15H20O4S/c1-19-13-8-6-11(7-9-13)15(16)12-4-3-5-14(10-12)20(2,17)18/h6-9,12,14H,3-5,10H2,1-2H3. The second-order valence-electron chi connectivity index (χ2n) is 5.41. The summed E-state index contributed by atoms with van der Waals surface area (Å²) in [6, 6.07) is 6.99. The number of ether oxygens (including phenoxy) is 1. The quantitative estimate of drug-likeness (QED) is 0.801. The highest BCUT2D eigenvalue weighted by molar-refractivity contribution is 7.91. The Morgan fingerprint density at radius 1 is 1.20 bits per heavy atom. The highest BCUT2D eigenvalue weighted by Gasteiger charge is 2.32. The van der Waals surface area contributed by atoms with Crippen molar-refractivity contribution in [3.63, 3.8) is 0 Å². The van der Waals surface area contributed by atoms with Gasteiger partial charge in [0.1, 0.15) is 15.6 Å². The largest absolute Gasteiger partial charge is 0.497 e. The number of benzene rings is 1. The van der Waals surface area contributed by atoms with Crippen molar-refractivity contribution < 1.29 is 17.9 Å². The van der Waals surface area contributed by atoms with E-state index >= 15 is 0 Å². The molecule has 5 heteroatoms. The van der Waals surface area contributed by atoms with Gasteiger partial charge in [-0.25, -0.2) is 8.42 Å². The molecule has 110 valence electrons. The molecule has 4 nitrogen and oxygen atoms in total. The van der Waals surface area contributed by atoms with Gasteiger partial charge in [-0.3, -0.25) is 4.79 Å². The lowest BCUT2D eigenvalue weighted by atomic mass is 9.83. The number of hydrogen-bond acceptors (Lipinski definition) is 4. The van der Waals surface area contributed by atoms with E-state index in [2.05, 4.69) is 0 Å². The third kappa shape index (κ3) is 3.39. The van der Waals surface area contributed by atoms with Crippen LogP contribution in [0.15, 0.2) is 24.3 Å². The third-order valence-corrected chi connectivity index (χ3v) is 5.62. The van der Waals surface area contributed by atoms with Gasteiger partial charge in [-0.05, 0) is 43.5 Å². The van der Waals surface area contributed by atoms with Gasteiger partial charge < -0.3 is 4.74 Å². The zero-order valence-electron chi connectivity index (χ0n) is 11.8. The van der Waals surface area contributed by atoms with Crippen molar-refractivity contribution in [1.29, 1.82) is 0 Å². The number of methoxy groups -OCH3 is 1. The number of carbonyl (C=O) groups is 1. The van der Waals surface area contributed by atoms with Crippen molar-refractivity contribution in [3.8, 4) is 5.75 Å². The first-order chi connectivity index (χ1) is 9.41. The topological polar surface area (TPSA) is 60.4 Å². The Morgan fingerprint density at radius 3 is 2.40 bits per heavy atom. The maximum absolute atomic E-state index is 12.4. The van der Waals surface area contributed by atoms with Crippen LogP contribution in [-0.2, 0) is 9.84 Å². The van der Waals surface area contributed by atoms with Gasteiger partial charge in [0.15, 0.2) is 5.78 Å². The fraction of sp³-hybridized carbons (Fsp3) is 0.533. The maximum Gasteiger partial charge on any atom is 0.165 e. The van der Waals surface area contributed by atoms with Crippen LogP contribution >= 0.6 is 0 Å². The van der Waals surface area contributed by atoms with Crippen LogP contribution in [-0.4, -0.2) is 32.8 Å². The van der Waals surface area contributed by atoms with Gasteiger partial charge in [-0.1, -0.05) is 6.42 Å². The van der Waals surface area contributed by atoms with Crippen LogP contribution in [0.2, 0.25) is 0 Å². The van der Waals surface area contributed by atoms with Crippen molar-refractivity contribution in [3.05, 3.63) is 29.8 Å². The van der Waals surface area contributed by atoms with E-state index in [-0.39, 0.29) is 17.0 Å². The maximum atomic E-state index is 12.4. The van der Waals surface area contributed by atoms with Crippen LogP contribution < -0.4 is 4.74 Å². The summed E-state index contributed by atoms with van der Waals surface area (Å²) in [5.41, 5.74) is 0.630. The summed E-state index contributed by atoms with van der Waals surface area (Å²) in [7, 11) is -1.48. The predicted octanol–water partition coefficient (Wildman–Crippen LogP) is 2.48. The summed E-state index contributed by atoms with van der Waals surface area (Å²) < 4.78 is 28.4. The molecule has 0 spiro atoms. The number of ketones is 1. The smallest absolute Gasteiger partial charge is 0.165 e. The van der Waals surface area contributed by atoms with Crippen LogP contribution in [0.3, 0.4) is 0 Å². The Labute approximate surface area is 120 Å². The molecule has 0 saturated heterocycles. The number of hydrogen-bond donors (Lipinski definition) is 0. The first-order valence-corrected chi connectivity index (χ1v) is 8.74. The first kappa shape index (κ1) is 15.0. The van der Waals surface area contributed by atoms with E-state index < -0.39 is 9.84 Å². The lowest BCUT2D eigenvalue weighted by Crippen LogP contribution is -2.31. The van der Waals surface area contributed by atoms with Crippen molar-refractivity contribution in [1.82, 2.24) is 0 Å². The molecule has 0 aliphatic heterocycles. The van der Waals surface area contributed by atoms with Crippen LogP contribution in [0, 0.1) is 5.92 Å². The van der Waals surface area contributed by atoms with Gasteiger partial charge in [-0.2, -0.15) is 0 Å². The molecule has 1 aliphatic rings. The minimum absolute atomic E-state index is 0.0426. The van der Waals surface area contributed by atoms with Gasteiger partial charge in [-0.15, -0.1) is 0 Å². The van der Waals surface area contributed by atoms with Crippen LogP contribution in [0.1, 0.15) is 36.0 Å². The first-order valence-electron chi connectivity index (χ1n) is 6.79. The molecule has 0 amide bonds. The van der Waals surface area contributed by atoms with E-state index in [1.54, 1.807) is 31.4 Å². The molecule has 0 bridgehead atoms. The Morgan fingerprint density at radius 2 is 1.85 bits per heavy atom. The van der Waals surface area contributed by atoms with Gasteiger partial charge in [0.25, 0.3) is 0 Å². The molecule has 2 rings (SSSR count). The van der Waals surface area contributed by atoms with Gasteiger partial charge in [0.05, 0.1) is 12.4 Å². The molecule has 2 unspecified atom stereocenters. The Hall–Kier alpha value is -1.36. The average molecular weight is 296 g/mol. The Kier molecular flexibility index (Phi) is 4.48. The van der Waals surface area contributed by atoms with Crippen molar-refractivity contribution in [2.24, 2.45) is 5.92 Å². The zero-order valence-corrected chi connectivity index (χ0v) is 12.7. The molecule has 1 saturated carbocycles. The number of Topliss-reactive ketones (excluding diaryl/α,β-unsaturated/α-hetero) is 1. The summed E-state index contributed by atoms with van der Waals surface area (Å²) in [6.07, 6.45) is 3.95. The van der Waals surface area contributed by atoms with Crippen LogP contribution in [0.5, 0.6) is 5.75 Å². The van der Waals surface area contributed by atoms with Crippen LogP contribution in [0.25, 0.3) is 0 Å². The SMILES string of the molecule is COc1ccc(C(=O)C2CCCC(S(C)(=O)=O)C2)cc1. The second-order valence-corrected chi connectivity index (χ2v) is 7.73. The molecular formula is C15H20O4S. The van der Waals surface area contributed by atoms with E-state index in [0.717, 1.165) is 12.8 Å². The van der Waals surface area contributed by atoms with Crippen molar-refractivity contribution in [2.75, 3.05) is 13.4 Å². The number of sulfone groups is 1. The summed E-state index contributed by atoms with van der Waals surface area (Å²) >= 11 is 0. The molecular weight excluding hydrogens is 276 g/mol. The third-order valence-electron chi connectivity index (χ3n) is 3.98. The van der Waals surface area contributed by atoms with Gasteiger partial charge in [0.2, 0.25) is 0 Å². The average Bonchev–Trinajstić information content (AvgIpc) is 2.46. The fourth-order valence-electron chi connectivity index (χ4n) is 2.76. The molecule has 1 aromatic rings. The second kappa shape index (κ2) is 5.95. The fourth-order valence-corrected chi connectivity index (χ4v) is 3.94. The molecule has 2 atom stereocenters. The lowest BCUT2D eigenvalue weighted by Gasteiger charge is -2.27. The van der Waals surface area contributed by atoms with Crippen LogP contribution in [0.4, 0.5) is 0 Å². The Balaban J connectivity index is 2.12. The summed E-state index contributed by atoms with van der Waals surface area (Å²) in [5, 5.41) is -0.372. The number of rotatable bonds is 4. The van der Waals surface area contributed by atoms with E-state index in [0.29, 0.717) is 24.2 Å². The number of carbonyl (C=O) groups excluding carboxylic acids is 1. The van der Waals surface area contributed by atoms with Gasteiger partial charge in [0, 0.05) is 17.7 Å². The lowest BCUT2D eigenvalue weighted by molar-refractivity contribution is 0.0891. The molecule has 0 N–H and O–H groups in total. The summed E-state index contributed by atoms with van der Waals surface area (Å²) in [5.74, 6) is 0.567. The predicted molar refractivity (Wildman–Crippen MR) is 77.9 cm³/mol. The van der Waals surface area contributed by atoms with E-state index in [1.165, 1.54) is 6.26 Å². The van der Waals surface area contributed by atoms with Crippen molar-refractivity contribution >= 4 is 15.6 Å². The van der Waals surface area contributed by atoms with Crippen molar-refractivity contribution in [2.45, 2.75) is 30.9 Å². The highest BCUT2D eigenvalue weighted by atomic mass is 32.2. The van der Waals surface area contributed by atoms with E-state index in [4.69, 9.17) is 4.74 Å². The summed E-state index contributed by atoms with van der Waals surface area (Å²) in [6.45, 7) is 0. The minimum Gasteiger partial charge on any atom is -0.497 e. The zero-order chi connectivity index (χ0) is 14.8. The minimum atomic E-state index is -3.06. The molecule has 20 heavy (non-hydrogen) atoms. The molecule has 1 aromatic carbocycles. The summed E-state index contributed by atoms with van der Waals surface area (Å²) in [4.78, 5) is 12.4. The van der Waals surface area contributed by atoms with E-state index in [1.807, 2.05) is 0 Å². The molecule has 0 radical (unpaired) electrons.